The molecule has 0 spiro atoms. The topological polar surface area (TPSA) is 65.1 Å². The SMILES string of the molecule is Cc1ccc2cc(C(=O)Nc3ccc(CCO)cc3)[nH]c2c1. The summed E-state index contributed by atoms with van der Waals surface area (Å²) >= 11 is 0. The lowest BCUT2D eigenvalue weighted by atomic mass is 10.1. The molecule has 0 unspecified atom stereocenters. The Morgan fingerprint density at radius 2 is 1.91 bits per heavy atom. The number of aromatic amines is 1. The maximum Gasteiger partial charge on any atom is 0.272 e. The third-order valence-electron chi connectivity index (χ3n) is 3.63. The minimum absolute atomic E-state index is 0.125. The first kappa shape index (κ1) is 14.4. The van der Waals surface area contributed by atoms with E-state index in [2.05, 4.69) is 10.3 Å². The fourth-order valence-corrected chi connectivity index (χ4v) is 2.45. The molecule has 0 aliphatic heterocycles. The average molecular weight is 294 g/mol. The van der Waals surface area contributed by atoms with Crippen LogP contribution in [0.1, 0.15) is 21.6 Å². The van der Waals surface area contributed by atoms with Gasteiger partial charge < -0.3 is 15.4 Å². The first-order valence-corrected chi connectivity index (χ1v) is 7.26. The molecular formula is C18H18N2O2. The second-order valence-electron chi connectivity index (χ2n) is 5.40. The number of hydrogen-bond donors (Lipinski definition) is 3. The molecule has 0 radical (unpaired) electrons. The lowest BCUT2D eigenvalue weighted by Crippen LogP contribution is -2.12. The van der Waals surface area contributed by atoms with Crippen molar-refractivity contribution in [2.45, 2.75) is 13.3 Å². The van der Waals surface area contributed by atoms with Gasteiger partial charge in [-0.3, -0.25) is 4.79 Å². The van der Waals surface area contributed by atoms with Gasteiger partial charge in [0.05, 0.1) is 0 Å². The predicted octanol–water partition coefficient (Wildman–Crippen LogP) is 3.26. The highest BCUT2D eigenvalue weighted by atomic mass is 16.2. The summed E-state index contributed by atoms with van der Waals surface area (Å²) in [5, 5.41) is 12.8. The number of carbonyl (C=O) groups is 1. The summed E-state index contributed by atoms with van der Waals surface area (Å²) in [6.45, 7) is 2.15. The minimum atomic E-state index is -0.163. The Labute approximate surface area is 128 Å². The Balaban J connectivity index is 1.77. The molecule has 22 heavy (non-hydrogen) atoms. The van der Waals surface area contributed by atoms with Gasteiger partial charge in [0.1, 0.15) is 5.69 Å². The van der Waals surface area contributed by atoms with Gasteiger partial charge in [-0.2, -0.15) is 0 Å². The Morgan fingerprint density at radius 3 is 2.64 bits per heavy atom. The monoisotopic (exact) mass is 294 g/mol. The summed E-state index contributed by atoms with van der Waals surface area (Å²) in [7, 11) is 0. The highest BCUT2D eigenvalue weighted by Crippen LogP contribution is 2.18. The maximum atomic E-state index is 12.3. The van der Waals surface area contributed by atoms with Crippen molar-refractivity contribution < 1.29 is 9.90 Å². The van der Waals surface area contributed by atoms with Crippen LogP contribution in [0, 0.1) is 6.92 Å². The number of H-pyrrole nitrogens is 1. The van der Waals surface area contributed by atoms with Crippen LogP contribution in [0.5, 0.6) is 0 Å². The molecule has 0 saturated heterocycles. The summed E-state index contributed by atoms with van der Waals surface area (Å²) in [4.78, 5) is 15.4. The van der Waals surface area contributed by atoms with Gasteiger partial charge in [-0.05, 0) is 48.7 Å². The van der Waals surface area contributed by atoms with Gasteiger partial charge in [0.15, 0.2) is 0 Å². The van der Waals surface area contributed by atoms with Crippen LogP contribution in [0.3, 0.4) is 0 Å². The molecule has 3 aromatic rings. The van der Waals surface area contributed by atoms with Crippen LogP contribution in [0.4, 0.5) is 5.69 Å². The van der Waals surface area contributed by atoms with Crippen molar-refractivity contribution in [3.63, 3.8) is 0 Å². The minimum Gasteiger partial charge on any atom is -0.396 e. The molecule has 3 N–H and O–H groups in total. The number of benzene rings is 2. The zero-order valence-corrected chi connectivity index (χ0v) is 12.4. The quantitative estimate of drug-likeness (QED) is 0.691. The normalized spacial score (nSPS) is 10.8. The van der Waals surface area contributed by atoms with Gasteiger partial charge in [0.2, 0.25) is 0 Å². The van der Waals surface area contributed by atoms with E-state index in [4.69, 9.17) is 5.11 Å². The van der Waals surface area contributed by atoms with Crippen molar-refractivity contribution >= 4 is 22.5 Å². The van der Waals surface area contributed by atoms with Crippen LogP contribution in [0.2, 0.25) is 0 Å². The van der Waals surface area contributed by atoms with Gasteiger partial charge in [0.25, 0.3) is 5.91 Å². The van der Waals surface area contributed by atoms with Crippen LogP contribution in [0.15, 0.2) is 48.5 Å². The molecule has 1 aromatic heterocycles. The summed E-state index contributed by atoms with van der Waals surface area (Å²) in [6.07, 6.45) is 0.621. The molecule has 4 nitrogen and oxygen atoms in total. The molecule has 0 aliphatic carbocycles. The predicted molar refractivity (Wildman–Crippen MR) is 88.2 cm³/mol. The molecule has 0 bridgehead atoms. The van der Waals surface area contributed by atoms with Crippen molar-refractivity contribution in [1.82, 2.24) is 4.98 Å². The van der Waals surface area contributed by atoms with Gasteiger partial charge in [-0.25, -0.2) is 0 Å². The van der Waals surface area contributed by atoms with Gasteiger partial charge in [0, 0.05) is 23.2 Å². The number of aromatic nitrogens is 1. The summed E-state index contributed by atoms with van der Waals surface area (Å²) in [5.41, 5.74) is 4.44. The molecule has 112 valence electrons. The van der Waals surface area contributed by atoms with E-state index in [1.807, 2.05) is 55.5 Å². The zero-order valence-electron chi connectivity index (χ0n) is 12.4. The summed E-state index contributed by atoms with van der Waals surface area (Å²) in [6, 6.07) is 15.4. The van der Waals surface area contributed by atoms with Gasteiger partial charge in [-0.1, -0.05) is 24.3 Å². The lowest BCUT2D eigenvalue weighted by molar-refractivity contribution is 0.102. The van der Waals surface area contributed by atoms with Crippen LogP contribution in [-0.2, 0) is 6.42 Å². The molecule has 1 amide bonds. The molecule has 0 aliphatic rings. The van der Waals surface area contributed by atoms with Crippen LogP contribution in [0.25, 0.3) is 10.9 Å². The first-order chi connectivity index (χ1) is 10.7. The molecule has 0 atom stereocenters. The van der Waals surface area contributed by atoms with Crippen molar-refractivity contribution in [1.29, 1.82) is 0 Å². The van der Waals surface area contributed by atoms with E-state index in [-0.39, 0.29) is 12.5 Å². The van der Waals surface area contributed by atoms with Crippen LogP contribution in [-0.4, -0.2) is 22.6 Å². The van der Waals surface area contributed by atoms with E-state index in [1.165, 1.54) is 0 Å². The van der Waals surface area contributed by atoms with E-state index in [0.717, 1.165) is 27.7 Å². The number of fused-ring (bicyclic) bond motifs is 1. The largest absolute Gasteiger partial charge is 0.396 e. The molecule has 4 heteroatoms. The average Bonchev–Trinajstić information content (AvgIpc) is 2.92. The summed E-state index contributed by atoms with van der Waals surface area (Å²) in [5.74, 6) is -0.163. The number of aliphatic hydroxyl groups is 1. The smallest absolute Gasteiger partial charge is 0.272 e. The van der Waals surface area contributed by atoms with Crippen molar-refractivity contribution in [2.24, 2.45) is 0 Å². The standard InChI is InChI=1S/C18H18N2O2/c1-12-2-5-14-11-17(20-16(14)10-12)18(22)19-15-6-3-13(4-7-15)8-9-21/h2-7,10-11,20-21H,8-9H2,1H3,(H,19,22). The lowest BCUT2D eigenvalue weighted by Gasteiger charge is -2.05. The molecule has 1 heterocycles. The fourth-order valence-electron chi connectivity index (χ4n) is 2.45. The van der Waals surface area contributed by atoms with Crippen molar-refractivity contribution in [2.75, 3.05) is 11.9 Å². The Bertz CT molecular complexity index is 804. The van der Waals surface area contributed by atoms with E-state index in [1.54, 1.807) is 0 Å². The maximum absolute atomic E-state index is 12.3. The third kappa shape index (κ3) is 3.02. The highest BCUT2D eigenvalue weighted by Gasteiger charge is 2.10. The third-order valence-corrected chi connectivity index (χ3v) is 3.63. The van der Waals surface area contributed by atoms with E-state index < -0.39 is 0 Å². The summed E-state index contributed by atoms with van der Waals surface area (Å²) < 4.78 is 0. The van der Waals surface area contributed by atoms with E-state index in [0.29, 0.717) is 12.1 Å². The molecule has 3 rings (SSSR count). The van der Waals surface area contributed by atoms with Crippen LogP contribution < -0.4 is 5.32 Å². The molecular weight excluding hydrogens is 276 g/mol. The van der Waals surface area contributed by atoms with E-state index in [9.17, 15) is 4.79 Å². The highest BCUT2D eigenvalue weighted by molar-refractivity contribution is 6.05. The Kier molecular flexibility index (Phi) is 3.94. The van der Waals surface area contributed by atoms with Crippen LogP contribution >= 0.6 is 0 Å². The second kappa shape index (κ2) is 6.03. The van der Waals surface area contributed by atoms with Gasteiger partial charge in [-0.15, -0.1) is 0 Å². The number of nitrogens with one attached hydrogen (secondary N) is 2. The number of amides is 1. The number of carbonyl (C=O) groups excluding carboxylic acids is 1. The second-order valence-corrected chi connectivity index (χ2v) is 5.40. The van der Waals surface area contributed by atoms with Crippen molar-refractivity contribution in [3.8, 4) is 0 Å². The number of hydrogen-bond acceptors (Lipinski definition) is 2. The number of aryl methyl sites for hydroxylation is 1. The molecule has 0 fully saturated rings. The fraction of sp³-hybridized carbons (Fsp3) is 0.167. The number of rotatable bonds is 4. The Hall–Kier alpha value is -2.59. The number of aliphatic hydroxyl groups excluding tert-OH is 1. The Morgan fingerprint density at radius 1 is 1.14 bits per heavy atom. The molecule has 0 saturated carbocycles. The molecule has 2 aromatic carbocycles. The van der Waals surface area contributed by atoms with E-state index >= 15 is 0 Å². The van der Waals surface area contributed by atoms with Gasteiger partial charge >= 0.3 is 0 Å². The first-order valence-electron chi connectivity index (χ1n) is 7.26. The van der Waals surface area contributed by atoms with Crippen molar-refractivity contribution in [3.05, 3.63) is 65.4 Å². The number of anilines is 1. The zero-order chi connectivity index (χ0) is 15.5.